The summed E-state index contributed by atoms with van der Waals surface area (Å²) in [5, 5.41) is 2.49. The summed E-state index contributed by atoms with van der Waals surface area (Å²) in [4.78, 5) is 23.4. The Morgan fingerprint density at radius 2 is 1.84 bits per heavy atom. The molecule has 0 bridgehead atoms. The number of nitrogens with one attached hydrogen (secondary N) is 1. The van der Waals surface area contributed by atoms with Gasteiger partial charge in [-0.2, -0.15) is 0 Å². The zero-order valence-corrected chi connectivity index (χ0v) is 12.6. The summed E-state index contributed by atoms with van der Waals surface area (Å²) in [5.41, 5.74) is -0.602. The molecule has 1 N–H and O–H groups in total. The van der Waals surface area contributed by atoms with Crippen LogP contribution in [0.2, 0.25) is 0 Å². The van der Waals surface area contributed by atoms with Crippen molar-refractivity contribution >= 4 is 12.1 Å². The fraction of sp³-hybridized carbons (Fsp3) is 0.846. The number of ether oxygens (including phenoxy) is 3. The molecule has 19 heavy (non-hydrogen) atoms. The maximum absolute atomic E-state index is 11.8. The Labute approximate surface area is 114 Å². The van der Waals surface area contributed by atoms with E-state index in [1.807, 2.05) is 0 Å². The first-order valence-corrected chi connectivity index (χ1v) is 6.38. The maximum atomic E-state index is 11.8. The molecule has 0 saturated heterocycles. The van der Waals surface area contributed by atoms with Gasteiger partial charge in [-0.05, 0) is 34.1 Å². The van der Waals surface area contributed by atoms with Crippen molar-refractivity contribution in [1.29, 1.82) is 0 Å². The van der Waals surface area contributed by atoms with E-state index in [0.717, 1.165) is 0 Å². The Morgan fingerprint density at radius 3 is 2.26 bits per heavy atom. The molecular weight excluding hydrogens is 250 g/mol. The van der Waals surface area contributed by atoms with Crippen LogP contribution in [0.4, 0.5) is 4.79 Å². The second-order valence-electron chi connectivity index (χ2n) is 5.31. The SMILES string of the molecule is CC[C@H](NC(=O)OC(C)(C)C)C(=O)OC(C)COC. The fourth-order valence-corrected chi connectivity index (χ4v) is 1.33. The van der Waals surface area contributed by atoms with Gasteiger partial charge in [0.2, 0.25) is 0 Å². The molecule has 0 aromatic heterocycles. The maximum Gasteiger partial charge on any atom is 0.408 e. The van der Waals surface area contributed by atoms with Crippen LogP contribution in [0, 0.1) is 0 Å². The van der Waals surface area contributed by atoms with Crippen molar-refractivity contribution in [3.05, 3.63) is 0 Å². The molecule has 0 aliphatic rings. The molecule has 0 fully saturated rings. The number of methoxy groups -OCH3 is 1. The minimum atomic E-state index is -0.714. The van der Waals surface area contributed by atoms with Gasteiger partial charge in [-0.15, -0.1) is 0 Å². The number of carbonyl (C=O) groups is 2. The minimum Gasteiger partial charge on any atom is -0.459 e. The molecule has 112 valence electrons. The van der Waals surface area contributed by atoms with E-state index in [-0.39, 0.29) is 6.10 Å². The van der Waals surface area contributed by atoms with Gasteiger partial charge >= 0.3 is 12.1 Å². The Bertz CT molecular complexity index is 298. The van der Waals surface area contributed by atoms with Crippen LogP contribution in [0.15, 0.2) is 0 Å². The molecule has 0 aromatic carbocycles. The third kappa shape index (κ3) is 8.42. The van der Waals surface area contributed by atoms with Crippen LogP contribution < -0.4 is 5.32 Å². The Balaban J connectivity index is 4.33. The topological polar surface area (TPSA) is 73.9 Å². The molecule has 0 spiro atoms. The van der Waals surface area contributed by atoms with Gasteiger partial charge in [0.15, 0.2) is 0 Å². The molecule has 0 aromatic rings. The van der Waals surface area contributed by atoms with Crippen molar-refractivity contribution in [2.24, 2.45) is 0 Å². The lowest BCUT2D eigenvalue weighted by molar-refractivity contribution is -0.153. The van der Waals surface area contributed by atoms with Gasteiger partial charge in [0, 0.05) is 7.11 Å². The number of esters is 1. The predicted molar refractivity (Wildman–Crippen MR) is 70.9 cm³/mol. The molecular formula is C13H25NO5. The molecule has 0 rings (SSSR count). The normalized spacial score (nSPS) is 14.4. The number of carbonyl (C=O) groups excluding carboxylic acids is 2. The van der Waals surface area contributed by atoms with Gasteiger partial charge in [0.25, 0.3) is 0 Å². The van der Waals surface area contributed by atoms with Crippen molar-refractivity contribution in [2.45, 2.75) is 58.8 Å². The van der Waals surface area contributed by atoms with E-state index >= 15 is 0 Å². The summed E-state index contributed by atoms with van der Waals surface area (Å²) < 4.78 is 15.1. The second-order valence-corrected chi connectivity index (χ2v) is 5.31. The highest BCUT2D eigenvalue weighted by Crippen LogP contribution is 2.08. The number of hydrogen-bond donors (Lipinski definition) is 1. The Kier molecular flexibility index (Phi) is 7.44. The van der Waals surface area contributed by atoms with E-state index in [1.165, 1.54) is 7.11 Å². The molecule has 0 saturated carbocycles. The van der Waals surface area contributed by atoms with Crippen molar-refractivity contribution in [1.82, 2.24) is 5.32 Å². The summed E-state index contributed by atoms with van der Waals surface area (Å²) in [6.07, 6.45) is -0.555. The van der Waals surface area contributed by atoms with Gasteiger partial charge in [0.1, 0.15) is 17.7 Å². The van der Waals surface area contributed by atoms with E-state index in [4.69, 9.17) is 14.2 Å². The number of rotatable bonds is 6. The molecule has 0 aliphatic carbocycles. The number of amides is 1. The first kappa shape index (κ1) is 17.7. The molecule has 1 amide bonds. The van der Waals surface area contributed by atoms with E-state index in [1.54, 1.807) is 34.6 Å². The molecule has 0 aliphatic heterocycles. The third-order valence-electron chi connectivity index (χ3n) is 2.10. The number of alkyl carbamates (subject to hydrolysis) is 1. The smallest absolute Gasteiger partial charge is 0.408 e. The Morgan fingerprint density at radius 1 is 1.26 bits per heavy atom. The minimum absolute atomic E-state index is 0.314. The quantitative estimate of drug-likeness (QED) is 0.749. The fourth-order valence-electron chi connectivity index (χ4n) is 1.33. The van der Waals surface area contributed by atoms with E-state index in [2.05, 4.69) is 5.32 Å². The van der Waals surface area contributed by atoms with Crippen LogP contribution in [0.3, 0.4) is 0 Å². The van der Waals surface area contributed by atoms with Crippen molar-refractivity contribution in [3.8, 4) is 0 Å². The highest BCUT2D eigenvalue weighted by Gasteiger charge is 2.25. The van der Waals surface area contributed by atoms with Crippen LogP contribution in [0.5, 0.6) is 0 Å². The Hall–Kier alpha value is -1.30. The number of hydrogen-bond acceptors (Lipinski definition) is 5. The van der Waals surface area contributed by atoms with Crippen molar-refractivity contribution in [2.75, 3.05) is 13.7 Å². The van der Waals surface area contributed by atoms with Gasteiger partial charge < -0.3 is 19.5 Å². The second kappa shape index (κ2) is 7.99. The molecule has 6 heteroatoms. The van der Waals surface area contributed by atoms with Crippen molar-refractivity contribution < 1.29 is 23.8 Å². The lowest BCUT2D eigenvalue weighted by Gasteiger charge is -2.23. The monoisotopic (exact) mass is 275 g/mol. The van der Waals surface area contributed by atoms with Gasteiger partial charge in [-0.1, -0.05) is 6.92 Å². The molecule has 6 nitrogen and oxygen atoms in total. The molecule has 1 unspecified atom stereocenters. The van der Waals surface area contributed by atoms with Crippen LogP contribution in [0.1, 0.15) is 41.0 Å². The first-order chi connectivity index (χ1) is 8.69. The third-order valence-corrected chi connectivity index (χ3v) is 2.10. The zero-order valence-electron chi connectivity index (χ0n) is 12.6. The first-order valence-electron chi connectivity index (χ1n) is 6.38. The average molecular weight is 275 g/mol. The summed E-state index contributed by atoms with van der Waals surface area (Å²) >= 11 is 0. The molecule has 0 heterocycles. The highest BCUT2D eigenvalue weighted by atomic mass is 16.6. The largest absolute Gasteiger partial charge is 0.459 e. The van der Waals surface area contributed by atoms with Gasteiger partial charge in [-0.3, -0.25) is 0 Å². The standard InChI is InChI=1S/C13H25NO5/c1-7-10(11(15)18-9(2)8-17-6)14-12(16)19-13(3,4)5/h9-10H,7-8H2,1-6H3,(H,14,16)/t9?,10-/m0/s1. The summed E-state index contributed by atoms with van der Waals surface area (Å²) in [5.74, 6) is -0.488. The van der Waals surface area contributed by atoms with Gasteiger partial charge in [-0.25, -0.2) is 9.59 Å². The van der Waals surface area contributed by atoms with Crippen LogP contribution in [-0.4, -0.2) is 43.5 Å². The van der Waals surface area contributed by atoms with E-state index in [9.17, 15) is 9.59 Å². The highest BCUT2D eigenvalue weighted by molar-refractivity contribution is 5.81. The predicted octanol–water partition coefficient (Wildman–Crippen LogP) is 1.87. The van der Waals surface area contributed by atoms with Crippen molar-refractivity contribution in [3.63, 3.8) is 0 Å². The zero-order chi connectivity index (χ0) is 15.1. The summed E-state index contributed by atoms with van der Waals surface area (Å²) in [6.45, 7) is 9.09. The molecule has 0 radical (unpaired) electrons. The summed E-state index contributed by atoms with van der Waals surface area (Å²) in [6, 6.07) is -0.714. The van der Waals surface area contributed by atoms with Gasteiger partial charge in [0.05, 0.1) is 6.61 Å². The lowest BCUT2D eigenvalue weighted by atomic mass is 10.2. The lowest BCUT2D eigenvalue weighted by Crippen LogP contribution is -2.44. The van der Waals surface area contributed by atoms with E-state index in [0.29, 0.717) is 13.0 Å². The van der Waals surface area contributed by atoms with Crippen LogP contribution >= 0.6 is 0 Å². The van der Waals surface area contributed by atoms with Crippen LogP contribution in [0.25, 0.3) is 0 Å². The van der Waals surface area contributed by atoms with Crippen LogP contribution in [-0.2, 0) is 19.0 Å². The molecule has 2 atom stereocenters. The van der Waals surface area contributed by atoms with E-state index < -0.39 is 23.7 Å². The average Bonchev–Trinajstić information content (AvgIpc) is 2.23. The summed E-state index contributed by atoms with van der Waals surface area (Å²) in [7, 11) is 1.53.